The average Bonchev–Trinajstić information content (AvgIpc) is 3.05. The molecule has 1 atom stereocenters. The van der Waals surface area contributed by atoms with Crippen molar-refractivity contribution in [1.29, 1.82) is 0 Å². The predicted octanol–water partition coefficient (Wildman–Crippen LogP) is 0.438. The second-order valence-corrected chi connectivity index (χ2v) is 5.58. The van der Waals surface area contributed by atoms with Crippen molar-refractivity contribution < 1.29 is 0 Å². The number of aromatic nitrogens is 3. The topological polar surface area (TPSA) is 60.0 Å². The average molecular weight is 249 g/mol. The Kier molecular flexibility index (Phi) is 3.61. The van der Waals surface area contributed by atoms with Gasteiger partial charge in [-0.1, -0.05) is 0 Å². The van der Waals surface area contributed by atoms with Crippen molar-refractivity contribution in [2.75, 3.05) is 26.2 Å². The summed E-state index contributed by atoms with van der Waals surface area (Å²) in [6.07, 6.45) is 5.94. The fraction of sp³-hybridized carbons (Fsp3) is 0.846. The fourth-order valence-electron chi connectivity index (χ4n) is 3.10. The minimum atomic E-state index is 0.605. The smallest absolute Gasteiger partial charge is 0.134 e. The maximum Gasteiger partial charge on any atom is 0.134 e. The van der Waals surface area contributed by atoms with Crippen LogP contribution in [0.1, 0.15) is 30.9 Å². The summed E-state index contributed by atoms with van der Waals surface area (Å²) >= 11 is 0. The molecule has 0 spiro atoms. The number of fused-ring (bicyclic) bond motifs is 1. The lowest BCUT2D eigenvalue weighted by molar-refractivity contribution is 0.333. The molecule has 2 aliphatic heterocycles. The van der Waals surface area contributed by atoms with E-state index in [0.717, 1.165) is 38.3 Å². The van der Waals surface area contributed by atoms with Crippen LogP contribution in [-0.2, 0) is 19.4 Å². The van der Waals surface area contributed by atoms with E-state index >= 15 is 0 Å². The number of hydrogen-bond donors (Lipinski definition) is 1. The van der Waals surface area contributed by atoms with Crippen molar-refractivity contribution >= 4 is 0 Å². The third kappa shape index (κ3) is 2.42. The minimum Gasteiger partial charge on any atom is -0.330 e. The highest BCUT2D eigenvalue weighted by atomic mass is 15.3. The van der Waals surface area contributed by atoms with Gasteiger partial charge in [0, 0.05) is 25.9 Å². The van der Waals surface area contributed by atoms with E-state index in [0.29, 0.717) is 5.92 Å². The number of hydrogen-bond acceptors (Lipinski definition) is 4. The molecule has 18 heavy (non-hydrogen) atoms. The summed E-state index contributed by atoms with van der Waals surface area (Å²) in [7, 11) is 0. The molecule has 1 unspecified atom stereocenters. The number of nitrogens with two attached hydrogens (primary N) is 1. The van der Waals surface area contributed by atoms with Gasteiger partial charge in [0.15, 0.2) is 0 Å². The molecule has 0 aromatic carbocycles. The van der Waals surface area contributed by atoms with Crippen molar-refractivity contribution in [3.8, 4) is 0 Å². The summed E-state index contributed by atoms with van der Waals surface area (Å²) in [5, 5.41) is 8.71. The molecule has 2 aliphatic rings. The van der Waals surface area contributed by atoms with E-state index in [2.05, 4.69) is 19.7 Å². The molecule has 3 rings (SSSR count). The molecule has 1 aromatic heterocycles. The van der Waals surface area contributed by atoms with Crippen LogP contribution in [0.15, 0.2) is 0 Å². The van der Waals surface area contributed by atoms with E-state index in [1.165, 1.54) is 38.2 Å². The van der Waals surface area contributed by atoms with Crippen LogP contribution < -0.4 is 5.73 Å². The molecule has 1 fully saturated rings. The van der Waals surface area contributed by atoms with Crippen LogP contribution in [0.3, 0.4) is 0 Å². The Bertz CT molecular complexity index is 394. The predicted molar refractivity (Wildman–Crippen MR) is 70.3 cm³/mol. The second-order valence-electron chi connectivity index (χ2n) is 5.58. The quantitative estimate of drug-likeness (QED) is 0.841. The fourth-order valence-corrected chi connectivity index (χ4v) is 3.10. The summed E-state index contributed by atoms with van der Waals surface area (Å²) in [5.41, 5.74) is 5.74. The van der Waals surface area contributed by atoms with Gasteiger partial charge in [-0.25, -0.2) is 0 Å². The van der Waals surface area contributed by atoms with Gasteiger partial charge >= 0.3 is 0 Å². The summed E-state index contributed by atoms with van der Waals surface area (Å²) in [5.74, 6) is 2.92. The number of rotatable bonds is 4. The van der Waals surface area contributed by atoms with Crippen molar-refractivity contribution in [3.63, 3.8) is 0 Å². The highest BCUT2D eigenvalue weighted by Crippen LogP contribution is 2.19. The molecule has 0 radical (unpaired) electrons. The molecule has 0 amide bonds. The molecular weight excluding hydrogens is 226 g/mol. The van der Waals surface area contributed by atoms with Crippen molar-refractivity contribution in [2.45, 2.75) is 38.6 Å². The molecule has 1 aromatic rings. The van der Waals surface area contributed by atoms with E-state index in [9.17, 15) is 0 Å². The summed E-state index contributed by atoms with van der Waals surface area (Å²) < 4.78 is 2.32. The van der Waals surface area contributed by atoms with E-state index in [1.807, 2.05) is 0 Å². The van der Waals surface area contributed by atoms with Crippen molar-refractivity contribution in [1.82, 2.24) is 19.7 Å². The van der Waals surface area contributed by atoms with Crippen LogP contribution in [0.2, 0.25) is 0 Å². The van der Waals surface area contributed by atoms with Gasteiger partial charge in [-0.2, -0.15) is 0 Å². The molecule has 5 heteroatoms. The Balaban J connectivity index is 1.61. The molecular formula is C13H23N5. The molecule has 1 saturated heterocycles. The van der Waals surface area contributed by atoms with E-state index in [4.69, 9.17) is 5.73 Å². The number of nitrogens with zero attached hydrogens (tertiary/aromatic N) is 4. The number of likely N-dealkylation sites (tertiary alicyclic amines) is 1. The lowest BCUT2D eigenvalue weighted by Gasteiger charge is -2.22. The van der Waals surface area contributed by atoms with Gasteiger partial charge < -0.3 is 15.2 Å². The summed E-state index contributed by atoms with van der Waals surface area (Å²) in [6.45, 7) is 5.49. The monoisotopic (exact) mass is 249 g/mol. The molecule has 2 N–H and O–H groups in total. The molecule has 3 heterocycles. The van der Waals surface area contributed by atoms with Crippen LogP contribution in [-0.4, -0.2) is 45.8 Å². The Morgan fingerprint density at radius 2 is 2.00 bits per heavy atom. The molecule has 0 saturated carbocycles. The lowest BCUT2D eigenvalue weighted by Crippen LogP contribution is -2.27. The Labute approximate surface area is 108 Å². The van der Waals surface area contributed by atoms with Crippen molar-refractivity contribution in [3.05, 3.63) is 11.6 Å². The Morgan fingerprint density at radius 3 is 2.78 bits per heavy atom. The first-order chi connectivity index (χ1) is 8.86. The van der Waals surface area contributed by atoms with Gasteiger partial charge in [-0.15, -0.1) is 10.2 Å². The van der Waals surface area contributed by atoms with Gasteiger partial charge in [0.2, 0.25) is 0 Å². The molecule has 100 valence electrons. The molecule has 0 bridgehead atoms. The summed E-state index contributed by atoms with van der Waals surface area (Å²) in [4.78, 5) is 2.53. The highest BCUT2D eigenvalue weighted by molar-refractivity contribution is 5.01. The normalized spacial score (nSPS) is 24.4. The largest absolute Gasteiger partial charge is 0.330 e. The zero-order valence-electron chi connectivity index (χ0n) is 11.0. The molecule has 0 aliphatic carbocycles. The molecule has 5 nitrogen and oxygen atoms in total. The first-order valence-electron chi connectivity index (χ1n) is 7.20. The van der Waals surface area contributed by atoms with Crippen LogP contribution >= 0.6 is 0 Å². The second kappa shape index (κ2) is 5.36. The first kappa shape index (κ1) is 12.1. The maximum absolute atomic E-state index is 5.74. The van der Waals surface area contributed by atoms with Gasteiger partial charge in [-0.05, 0) is 44.8 Å². The van der Waals surface area contributed by atoms with E-state index in [1.54, 1.807) is 0 Å². The standard InChI is InChI=1S/C13H23N5/c14-10-11-3-8-18-12(15-16-13(18)9-11)4-7-17-5-1-2-6-17/h11H,1-10,14H2. The van der Waals surface area contributed by atoms with Gasteiger partial charge in [-0.3, -0.25) is 0 Å². The zero-order chi connectivity index (χ0) is 12.4. The minimum absolute atomic E-state index is 0.605. The van der Waals surface area contributed by atoms with Crippen LogP contribution in [0, 0.1) is 5.92 Å². The van der Waals surface area contributed by atoms with Crippen LogP contribution in [0.4, 0.5) is 0 Å². The van der Waals surface area contributed by atoms with E-state index < -0.39 is 0 Å². The summed E-state index contributed by atoms with van der Waals surface area (Å²) in [6, 6.07) is 0. The van der Waals surface area contributed by atoms with E-state index in [-0.39, 0.29) is 0 Å². The lowest BCUT2D eigenvalue weighted by atomic mass is 9.98. The first-order valence-corrected chi connectivity index (χ1v) is 7.20. The third-order valence-corrected chi connectivity index (χ3v) is 4.32. The van der Waals surface area contributed by atoms with Crippen molar-refractivity contribution in [2.24, 2.45) is 11.7 Å². The van der Waals surface area contributed by atoms with Crippen LogP contribution in [0.25, 0.3) is 0 Å². The Morgan fingerprint density at radius 1 is 1.17 bits per heavy atom. The zero-order valence-corrected chi connectivity index (χ0v) is 11.0. The highest BCUT2D eigenvalue weighted by Gasteiger charge is 2.22. The van der Waals surface area contributed by atoms with Crippen LogP contribution in [0.5, 0.6) is 0 Å². The van der Waals surface area contributed by atoms with Gasteiger partial charge in [0.25, 0.3) is 0 Å². The Hall–Kier alpha value is -0.940. The SMILES string of the molecule is NCC1CCn2c(CCN3CCCC3)nnc2C1. The third-order valence-electron chi connectivity index (χ3n) is 4.32. The maximum atomic E-state index is 5.74. The van der Waals surface area contributed by atoms with Gasteiger partial charge in [0.1, 0.15) is 11.6 Å². The van der Waals surface area contributed by atoms with Gasteiger partial charge in [0.05, 0.1) is 0 Å².